The second kappa shape index (κ2) is 6.36. The Kier molecular flexibility index (Phi) is 4.31. The zero-order valence-electron chi connectivity index (χ0n) is 10.8. The van der Waals surface area contributed by atoms with Gasteiger partial charge in [-0.1, -0.05) is 39.8 Å². The molecular weight excluding hydrogens is 355 g/mol. The molecule has 0 aliphatic rings. The summed E-state index contributed by atoms with van der Waals surface area (Å²) in [6.45, 7) is 0. The number of hydrogen-bond donors (Lipinski definition) is 0. The quantitative estimate of drug-likeness (QED) is 0.659. The molecule has 0 atom stereocenters. The van der Waals surface area contributed by atoms with Gasteiger partial charge in [-0.25, -0.2) is 4.39 Å². The smallest absolute Gasteiger partial charge is 0.207 e. The average molecular weight is 365 g/mol. The van der Waals surface area contributed by atoms with Crippen molar-refractivity contribution in [3.63, 3.8) is 0 Å². The molecule has 3 rings (SSSR count). The zero-order valence-corrected chi connectivity index (χ0v) is 13.2. The van der Waals surface area contributed by atoms with E-state index in [0.29, 0.717) is 10.9 Å². The van der Waals surface area contributed by atoms with Gasteiger partial charge in [0.25, 0.3) is 0 Å². The van der Waals surface area contributed by atoms with Crippen LogP contribution in [0.4, 0.5) is 4.39 Å². The van der Waals surface area contributed by atoms with Crippen molar-refractivity contribution < 1.29 is 4.39 Å². The van der Waals surface area contributed by atoms with E-state index in [1.165, 1.54) is 23.9 Å². The van der Waals surface area contributed by atoms with E-state index < -0.39 is 0 Å². The number of thioether (sulfide) groups is 1. The predicted octanol–water partition coefficient (Wildman–Crippen LogP) is 3.86. The normalized spacial score (nSPS) is 10.8. The molecule has 0 aliphatic carbocycles. The molecular formula is C14H10BrFN4S. The summed E-state index contributed by atoms with van der Waals surface area (Å²) in [7, 11) is 0. The lowest BCUT2D eigenvalue weighted by Crippen LogP contribution is -1.98. The third-order valence-corrected chi connectivity index (χ3v) is 4.31. The summed E-state index contributed by atoms with van der Waals surface area (Å²) < 4.78 is 15.6. The first kappa shape index (κ1) is 14.2. The molecule has 7 heteroatoms. The van der Waals surface area contributed by atoms with Gasteiger partial charge >= 0.3 is 0 Å². The lowest BCUT2D eigenvalue weighted by atomic mass is 10.2. The Hall–Kier alpha value is -1.73. The van der Waals surface area contributed by atoms with Crippen molar-refractivity contribution in [3.05, 3.63) is 64.4 Å². The topological polar surface area (TPSA) is 43.6 Å². The van der Waals surface area contributed by atoms with Gasteiger partial charge < -0.3 is 0 Å². The molecule has 0 N–H and O–H groups in total. The number of hydrogen-bond acceptors (Lipinski definition) is 4. The second-order valence-corrected chi connectivity index (χ2v) is 6.12. The maximum Gasteiger partial charge on any atom is 0.214 e. The Morgan fingerprint density at radius 2 is 1.76 bits per heavy atom. The van der Waals surface area contributed by atoms with Crippen LogP contribution < -0.4 is 0 Å². The van der Waals surface area contributed by atoms with E-state index in [4.69, 9.17) is 0 Å². The number of rotatable bonds is 4. The maximum atomic E-state index is 12.9. The minimum absolute atomic E-state index is 0.233. The Bertz CT molecular complexity index is 727. The molecule has 21 heavy (non-hydrogen) atoms. The van der Waals surface area contributed by atoms with Crippen LogP contribution in [0.15, 0.2) is 58.2 Å². The molecule has 0 spiro atoms. The molecule has 0 aliphatic heterocycles. The van der Waals surface area contributed by atoms with Crippen molar-refractivity contribution in [2.45, 2.75) is 10.9 Å². The van der Waals surface area contributed by atoms with E-state index in [2.05, 4.69) is 31.5 Å². The highest BCUT2D eigenvalue weighted by Gasteiger charge is 2.09. The molecule has 3 aromatic rings. The van der Waals surface area contributed by atoms with Crippen molar-refractivity contribution in [1.82, 2.24) is 20.2 Å². The van der Waals surface area contributed by atoms with Gasteiger partial charge in [-0.3, -0.25) is 0 Å². The minimum atomic E-state index is -0.233. The maximum absolute atomic E-state index is 12.9. The van der Waals surface area contributed by atoms with Gasteiger partial charge in [0.1, 0.15) is 5.82 Å². The van der Waals surface area contributed by atoms with E-state index in [0.717, 1.165) is 15.7 Å². The van der Waals surface area contributed by atoms with Crippen molar-refractivity contribution >= 4 is 27.7 Å². The van der Waals surface area contributed by atoms with E-state index >= 15 is 0 Å². The van der Waals surface area contributed by atoms with Crippen molar-refractivity contribution in [2.24, 2.45) is 0 Å². The van der Waals surface area contributed by atoms with E-state index in [-0.39, 0.29) is 5.82 Å². The first-order valence-corrected chi connectivity index (χ1v) is 7.92. The van der Waals surface area contributed by atoms with Gasteiger partial charge in [-0.05, 0) is 52.4 Å². The molecule has 2 aromatic carbocycles. The van der Waals surface area contributed by atoms with Gasteiger partial charge in [-0.15, -0.1) is 5.10 Å². The third kappa shape index (κ3) is 3.48. The standard InChI is InChI=1S/C14H10BrFN4S/c15-11-3-7-13(8-4-11)20-14(17-18-19-20)21-9-10-1-5-12(16)6-2-10/h1-8H,9H2. The van der Waals surface area contributed by atoms with Crippen molar-refractivity contribution in [3.8, 4) is 5.69 Å². The molecule has 0 radical (unpaired) electrons. The third-order valence-electron chi connectivity index (χ3n) is 2.79. The molecule has 0 bridgehead atoms. The van der Waals surface area contributed by atoms with Crippen LogP contribution in [0.2, 0.25) is 0 Å². The molecule has 4 nitrogen and oxygen atoms in total. The van der Waals surface area contributed by atoms with Crippen LogP contribution in [-0.2, 0) is 5.75 Å². The van der Waals surface area contributed by atoms with E-state index in [9.17, 15) is 4.39 Å². The van der Waals surface area contributed by atoms with Crippen LogP contribution in [0.25, 0.3) is 5.69 Å². The van der Waals surface area contributed by atoms with Gasteiger partial charge in [0, 0.05) is 10.2 Å². The second-order valence-electron chi connectivity index (χ2n) is 4.26. The molecule has 0 saturated heterocycles. The highest BCUT2D eigenvalue weighted by molar-refractivity contribution is 9.10. The Morgan fingerprint density at radius 1 is 1.05 bits per heavy atom. The molecule has 106 valence electrons. The number of aromatic nitrogens is 4. The van der Waals surface area contributed by atoms with Gasteiger partial charge in [0.2, 0.25) is 5.16 Å². The van der Waals surface area contributed by atoms with Gasteiger partial charge in [0.05, 0.1) is 5.69 Å². The van der Waals surface area contributed by atoms with Gasteiger partial charge in [0.15, 0.2) is 0 Å². The van der Waals surface area contributed by atoms with E-state index in [1.807, 2.05) is 24.3 Å². The summed E-state index contributed by atoms with van der Waals surface area (Å²) in [5, 5.41) is 12.4. The molecule has 0 saturated carbocycles. The lowest BCUT2D eigenvalue weighted by molar-refractivity contribution is 0.627. The van der Waals surface area contributed by atoms with Crippen LogP contribution in [0.3, 0.4) is 0 Å². The first-order valence-electron chi connectivity index (χ1n) is 6.14. The summed E-state index contributed by atoms with van der Waals surface area (Å²) in [6, 6.07) is 14.2. The summed E-state index contributed by atoms with van der Waals surface area (Å²) in [4.78, 5) is 0. The van der Waals surface area contributed by atoms with Gasteiger partial charge in [-0.2, -0.15) is 4.68 Å². The molecule has 0 amide bonds. The SMILES string of the molecule is Fc1ccc(CSc2nnnn2-c2ccc(Br)cc2)cc1. The van der Waals surface area contributed by atoms with Crippen molar-refractivity contribution in [2.75, 3.05) is 0 Å². The lowest BCUT2D eigenvalue weighted by Gasteiger charge is -2.04. The summed E-state index contributed by atoms with van der Waals surface area (Å²) in [5.74, 6) is 0.445. The zero-order chi connectivity index (χ0) is 14.7. The predicted molar refractivity (Wildman–Crippen MR) is 82.8 cm³/mol. The van der Waals surface area contributed by atoms with Crippen LogP contribution >= 0.6 is 27.7 Å². The van der Waals surface area contributed by atoms with Crippen LogP contribution in [-0.4, -0.2) is 20.2 Å². The van der Waals surface area contributed by atoms with Crippen LogP contribution in [0.5, 0.6) is 0 Å². The first-order chi connectivity index (χ1) is 10.2. The van der Waals surface area contributed by atoms with E-state index in [1.54, 1.807) is 16.8 Å². The Labute approximate surface area is 133 Å². The molecule has 1 heterocycles. The fourth-order valence-corrected chi connectivity index (χ4v) is 2.85. The van der Waals surface area contributed by atoms with Crippen LogP contribution in [0.1, 0.15) is 5.56 Å². The Morgan fingerprint density at radius 3 is 2.48 bits per heavy atom. The summed E-state index contributed by atoms with van der Waals surface area (Å²) >= 11 is 4.90. The number of halogens is 2. The fourth-order valence-electron chi connectivity index (χ4n) is 1.74. The van der Waals surface area contributed by atoms with Crippen molar-refractivity contribution in [1.29, 1.82) is 0 Å². The average Bonchev–Trinajstić information content (AvgIpc) is 2.96. The molecule has 0 unspecified atom stereocenters. The molecule has 0 fully saturated rings. The molecule has 1 aromatic heterocycles. The van der Waals surface area contributed by atoms with Crippen LogP contribution in [0, 0.1) is 5.82 Å². The fraction of sp³-hybridized carbons (Fsp3) is 0.0714. The number of tetrazole rings is 1. The largest absolute Gasteiger partial charge is 0.214 e. The number of benzene rings is 2. The summed E-state index contributed by atoms with van der Waals surface area (Å²) in [6.07, 6.45) is 0. The highest BCUT2D eigenvalue weighted by Crippen LogP contribution is 2.23. The Balaban J connectivity index is 1.76. The monoisotopic (exact) mass is 364 g/mol. The highest BCUT2D eigenvalue weighted by atomic mass is 79.9. The minimum Gasteiger partial charge on any atom is -0.207 e. The summed E-state index contributed by atoms with van der Waals surface area (Å²) in [5.41, 5.74) is 1.91. The number of nitrogens with zero attached hydrogens (tertiary/aromatic N) is 4.